The average molecular weight is 311 g/mol. The van der Waals surface area contributed by atoms with E-state index < -0.39 is 0 Å². The quantitative estimate of drug-likeness (QED) is 0.804. The number of hydrogen-bond acceptors (Lipinski definition) is 2. The Bertz CT molecular complexity index is 694. The summed E-state index contributed by atoms with van der Waals surface area (Å²) in [4.78, 5) is 24.1. The van der Waals surface area contributed by atoms with Gasteiger partial charge in [-0.05, 0) is 45.0 Å². The molecule has 0 saturated heterocycles. The molecule has 2 rings (SSSR count). The summed E-state index contributed by atoms with van der Waals surface area (Å²) < 4.78 is 0. The van der Waals surface area contributed by atoms with E-state index in [9.17, 15) is 9.59 Å². The lowest BCUT2D eigenvalue weighted by molar-refractivity contribution is 0.102. The summed E-state index contributed by atoms with van der Waals surface area (Å²) in [5.74, 6) is -0.219. The van der Waals surface area contributed by atoms with Gasteiger partial charge in [0.25, 0.3) is 5.91 Å². The Morgan fingerprint density at radius 1 is 0.870 bits per heavy atom. The van der Waals surface area contributed by atoms with Crippen LogP contribution in [0.3, 0.4) is 0 Å². The third-order valence-corrected chi connectivity index (χ3v) is 3.16. The minimum absolute atomic E-state index is 0.0318. The molecule has 0 spiro atoms. The topological polar surface area (TPSA) is 70.2 Å². The maximum Gasteiger partial charge on any atom is 0.319 e. The van der Waals surface area contributed by atoms with E-state index in [0.29, 0.717) is 16.9 Å². The van der Waals surface area contributed by atoms with Crippen LogP contribution < -0.4 is 16.0 Å². The highest BCUT2D eigenvalue weighted by atomic mass is 16.2. The zero-order valence-corrected chi connectivity index (χ0v) is 13.5. The molecule has 3 amide bonds. The van der Waals surface area contributed by atoms with Crippen LogP contribution in [0.1, 0.15) is 29.8 Å². The molecule has 0 heterocycles. The Labute approximate surface area is 136 Å². The number of amides is 3. The van der Waals surface area contributed by atoms with E-state index in [1.165, 1.54) is 0 Å². The Kier molecular flexibility index (Phi) is 5.36. The van der Waals surface area contributed by atoms with Crippen molar-refractivity contribution in [1.82, 2.24) is 5.32 Å². The average Bonchev–Trinajstić information content (AvgIpc) is 2.49. The van der Waals surface area contributed by atoms with Gasteiger partial charge in [-0.25, -0.2) is 4.79 Å². The maximum atomic E-state index is 12.3. The van der Waals surface area contributed by atoms with Crippen molar-refractivity contribution in [3.8, 4) is 0 Å². The molecular formula is C18H21N3O2. The standard InChI is InChI=1S/C18H21N3O2/c1-12(2)19-18(23)21-16-7-5-4-6-15(16)20-17(22)14-10-8-13(3)9-11-14/h4-12H,1-3H3,(H,20,22)(H2,19,21,23). The Morgan fingerprint density at radius 3 is 2.00 bits per heavy atom. The van der Waals surface area contributed by atoms with Crippen molar-refractivity contribution in [2.45, 2.75) is 26.8 Å². The number of urea groups is 1. The van der Waals surface area contributed by atoms with Crippen molar-refractivity contribution in [3.63, 3.8) is 0 Å². The number of rotatable bonds is 4. The lowest BCUT2D eigenvalue weighted by Gasteiger charge is -2.14. The predicted octanol–water partition coefficient (Wildman–Crippen LogP) is 3.78. The predicted molar refractivity (Wildman–Crippen MR) is 92.9 cm³/mol. The molecule has 2 aromatic carbocycles. The molecule has 0 radical (unpaired) electrons. The van der Waals surface area contributed by atoms with Crippen LogP contribution in [0.5, 0.6) is 0 Å². The van der Waals surface area contributed by atoms with Gasteiger partial charge >= 0.3 is 6.03 Å². The monoisotopic (exact) mass is 311 g/mol. The van der Waals surface area contributed by atoms with Gasteiger partial charge in [0.1, 0.15) is 0 Å². The largest absolute Gasteiger partial charge is 0.336 e. The molecule has 0 unspecified atom stereocenters. The summed E-state index contributed by atoms with van der Waals surface area (Å²) in [6.45, 7) is 5.73. The van der Waals surface area contributed by atoms with Crippen LogP contribution in [0, 0.1) is 6.92 Å². The van der Waals surface area contributed by atoms with Crippen LogP contribution in [0.2, 0.25) is 0 Å². The van der Waals surface area contributed by atoms with E-state index in [-0.39, 0.29) is 18.0 Å². The van der Waals surface area contributed by atoms with Crippen molar-refractivity contribution in [3.05, 3.63) is 59.7 Å². The molecule has 0 aliphatic carbocycles. The zero-order valence-electron chi connectivity index (χ0n) is 13.5. The normalized spacial score (nSPS) is 10.3. The Hall–Kier alpha value is -2.82. The fourth-order valence-corrected chi connectivity index (χ4v) is 2.02. The SMILES string of the molecule is Cc1ccc(C(=O)Nc2ccccc2NC(=O)NC(C)C)cc1. The number of aryl methyl sites for hydroxylation is 1. The van der Waals surface area contributed by atoms with Gasteiger partial charge < -0.3 is 16.0 Å². The molecular weight excluding hydrogens is 290 g/mol. The second kappa shape index (κ2) is 7.45. The van der Waals surface area contributed by atoms with Gasteiger partial charge in [0, 0.05) is 11.6 Å². The fraction of sp³-hybridized carbons (Fsp3) is 0.222. The number of carbonyl (C=O) groups excluding carboxylic acids is 2. The van der Waals surface area contributed by atoms with Crippen molar-refractivity contribution < 1.29 is 9.59 Å². The van der Waals surface area contributed by atoms with Crippen molar-refractivity contribution in [1.29, 1.82) is 0 Å². The van der Waals surface area contributed by atoms with E-state index >= 15 is 0 Å². The molecule has 120 valence electrons. The van der Waals surface area contributed by atoms with Crippen LogP contribution in [0.15, 0.2) is 48.5 Å². The van der Waals surface area contributed by atoms with Gasteiger partial charge in [-0.15, -0.1) is 0 Å². The molecule has 0 aliphatic heterocycles. The lowest BCUT2D eigenvalue weighted by Crippen LogP contribution is -2.34. The molecule has 0 aliphatic rings. The van der Waals surface area contributed by atoms with E-state index in [2.05, 4.69) is 16.0 Å². The minimum atomic E-state index is -0.308. The first kappa shape index (κ1) is 16.5. The lowest BCUT2D eigenvalue weighted by atomic mass is 10.1. The number of anilines is 2. The fourth-order valence-electron chi connectivity index (χ4n) is 2.02. The summed E-state index contributed by atoms with van der Waals surface area (Å²) in [6, 6.07) is 14.1. The van der Waals surface area contributed by atoms with Crippen LogP contribution in [0.4, 0.5) is 16.2 Å². The molecule has 23 heavy (non-hydrogen) atoms. The third kappa shape index (κ3) is 4.85. The first-order valence-electron chi connectivity index (χ1n) is 7.50. The number of nitrogens with one attached hydrogen (secondary N) is 3. The highest BCUT2D eigenvalue weighted by Gasteiger charge is 2.11. The zero-order chi connectivity index (χ0) is 16.8. The van der Waals surface area contributed by atoms with Crippen LogP contribution in [-0.4, -0.2) is 18.0 Å². The van der Waals surface area contributed by atoms with Crippen molar-refractivity contribution >= 4 is 23.3 Å². The number of benzene rings is 2. The summed E-state index contributed by atoms with van der Waals surface area (Å²) in [5, 5.41) is 8.31. The first-order chi connectivity index (χ1) is 11.0. The summed E-state index contributed by atoms with van der Waals surface area (Å²) in [5.41, 5.74) is 2.76. The Morgan fingerprint density at radius 2 is 1.43 bits per heavy atom. The van der Waals surface area contributed by atoms with Crippen LogP contribution >= 0.6 is 0 Å². The number of para-hydroxylation sites is 2. The van der Waals surface area contributed by atoms with E-state index in [4.69, 9.17) is 0 Å². The summed E-state index contributed by atoms with van der Waals surface area (Å²) in [7, 11) is 0. The first-order valence-corrected chi connectivity index (χ1v) is 7.50. The molecule has 0 bridgehead atoms. The molecule has 5 heteroatoms. The molecule has 0 atom stereocenters. The van der Waals surface area contributed by atoms with Gasteiger partial charge in [0.05, 0.1) is 11.4 Å². The van der Waals surface area contributed by atoms with Gasteiger partial charge in [-0.3, -0.25) is 4.79 Å². The van der Waals surface area contributed by atoms with Crippen LogP contribution in [0.25, 0.3) is 0 Å². The molecule has 2 aromatic rings. The van der Waals surface area contributed by atoms with Crippen LogP contribution in [-0.2, 0) is 0 Å². The number of carbonyl (C=O) groups is 2. The van der Waals surface area contributed by atoms with Crippen molar-refractivity contribution in [2.24, 2.45) is 0 Å². The van der Waals surface area contributed by atoms with Gasteiger partial charge in [0.15, 0.2) is 0 Å². The summed E-state index contributed by atoms with van der Waals surface area (Å²) in [6.07, 6.45) is 0. The highest BCUT2D eigenvalue weighted by molar-refractivity contribution is 6.07. The minimum Gasteiger partial charge on any atom is -0.336 e. The second-order valence-electron chi connectivity index (χ2n) is 5.62. The molecule has 0 saturated carbocycles. The molecule has 0 aromatic heterocycles. The third-order valence-electron chi connectivity index (χ3n) is 3.16. The molecule has 3 N–H and O–H groups in total. The van der Waals surface area contributed by atoms with Gasteiger partial charge in [0.2, 0.25) is 0 Å². The Balaban J connectivity index is 2.12. The highest BCUT2D eigenvalue weighted by Crippen LogP contribution is 2.21. The van der Waals surface area contributed by atoms with E-state index in [0.717, 1.165) is 5.56 Å². The molecule has 0 fully saturated rings. The smallest absolute Gasteiger partial charge is 0.319 e. The van der Waals surface area contributed by atoms with Gasteiger partial charge in [-0.1, -0.05) is 29.8 Å². The van der Waals surface area contributed by atoms with Crippen molar-refractivity contribution in [2.75, 3.05) is 10.6 Å². The maximum absolute atomic E-state index is 12.3. The number of hydrogen-bond donors (Lipinski definition) is 3. The second-order valence-corrected chi connectivity index (χ2v) is 5.62. The van der Waals surface area contributed by atoms with Gasteiger partial charge in [-0.2, -0.15) is 0 Å². The van der Waals surface area contributed by atoms with E-state index in [1.807, 2.05) is 32.9 Å². The van der Waals surface area contributed by atoms with E-state index in [1.54, 1.807) is 36.4 Å². The molecule has 5 nitrogen and oxygen atoms in total. The summed E-state index contributed by atoms with van der Waals surface area (Å²) >= 11 is 0.